The number of amides is 1. The summed E-state index contributed by atoms with van der Waals surface area (Å²) in [6.07, 6.45) is -0.891. The second-order valence-corrected chi connectivity index (χ2v) is 5.57. The Morgan fingerprint density at radius 3 is 2.42 bits per heavy atom. The first-order valence-corrected chi connectivity index (χ1v) is 7.04. The number of nitrogens with one attached hydrogen (secondary N) is 1. The average molecular weight is 289 g/mol. The molecule has 0 radical (unpaired) electrons. The van der Waals surface area contributed by atoms with Gasteiger partial charge in [-0.15, -0.1) is 0 Å². The molecule has 106 valence electrons. The van der Waals surface area contributed by atoms with Crippen molar-refractivity contribution in [2.45, 2.75) is 0 Å². The van der Waals surface area contributed by atoms with Crippen molar-refractivity contribution in [1.82, 2.24) is 0 Å². The molecule has 0 saturated heterocycles. The number of ether oxygens (including phenoxy) is 2. The molecule has 0 aliphatic rings. The van der Waals surface area contributed by atoms with Crippen LogP contribution in [0.15, 0.2) is 24.3 Å². The number of methoxy groups -OCH3 is 1. The SMILES string of the molecule is COC(=O)Nc1ccccc1OCP(=O)(OC)OC. The molecule has 0 spiro atoms. The monoisotopic (exact) mass is 289 g/mol. The quantitative estimate of drug-likeness (QED) is 0.811. The Hall–Kier alpha value is -1.56. The maximum Gasteiger partial charge on any atom is 0.411 e. The molecular formula is C11H16NO6P. The minimum absolute atomic E-state index is 0.264. The molecule has 8 heteroatoms. The van der Waals surface area contributed by atoms with E-state index < -0.39 is 13.7 Å². The van der Waals surface area contributed by atoms with Gasteiger partial charge in [-0.3, -0.25) is 9.88 Å². The predicted octanol–water partition coefficient (Wildman–Crippen LogP) is 2.69. The number of carbonyl (C=O) groups excluding carboxylic acids is 1. The third kappa shape index (κ3) is 4.55. The molecular weight excluding hydrogens is 273 g/mol. The molecule has 1 aromatic rings. The van der Waals surface area contributed by atoms with Crippen molar-refractivity contribution in [1.29, 1.82) is 0 Å². The van der Waals surface area contributed by atoms with Crippen LogP contribution in [0.25, 0.3) is 0 Å². The van der Waals surface area contributed by atoms with Crippen LogP contribution in [0.1, 0.15) is 0 Å². The number of hydrogen-bond donors (Lipinski definition) is 1. The summed E-state index contributed by atoms with van der Waals surface area (Å²) in [6, 6.07) is 6.66. The first-order chi connectivity index (χ1) is 9.04. The van der Waals surface area contributed by atoms with Crippen LogP contribution in [0.3, 0.4) is 0 Å². The van der Waals surface area contributed by atoms with Crippen molar-refractivity contribution >= 4 is 19.4 Å². The van der Waals surface area contributed by atoms with E-state index in [9.17, 15) is 9.36 Å². The molecule has 0 unspecified atom stereocenters. The zero-order valence-electron chi connectivity index (χ0n) is 10.9. The van der Waals surface area contributed by atoms with Gasteiger partial charge in [-0.05, 0) is 12.1 Å². The molecule has 0 saturated carbocycles. The number of carbonyl (C=O) groups is 1. The molecule has 1 N–H and O–H groups in total. The van der Waals surface area contributed by atoms with Gasteiger partial charge in [-0.25, -0.2) is 4.79 Å². The lowest BCUT2D eigenvalue weighted by atomic mass is 10.3. The number of hydrogen-bond acceptors (Lipinski definition) is 6. The molecule has 1 aromatic carbocycles. The van der Waals surface area contributed by atoms with Gasteiger partial charge in [-0.1, -0.05) is 12.1 Å². The van der Waals surface area contributed by atoms with E-state index in [0.717, 1.165) is 0 Å². The van der Waals surface area contributed by atoms with Gasteiger partial charge in [0.2, 0.25) is 0 Å². The highest BCUT2D eigenvalue weighted by atomic mass is 31.2. The van der Waals surface area contributed by atoms with Gasteiger partial charge in [0, 0.05) is 14.2 Å². The largest absolute Gasteiger partial charge is 0.479 e. The molecule has 0 heterocycles. The summed E-state index contributed by atoms with van der Waals surface area (Å²) in [7, 11) is 0.519. The fraction of sp³-hybridized carbons (Fsp3) is 0.364. The van der Waals surface area contributed by atoms with Gasteiger partial charge in [0.1, 0.15) is 5.75 Å². The van der Waals surface area contributed by atoms with Crippen molar-refractivity contribution in [2.75, 3.05) is 33.0 Å². The van der Waals surface area contributed by atoms with Crippen LogP contribution in [0.2, 0.25) is 0 Å². The number of para-hydroxylation sites is 2. The third-order valence-electron chi connectivity index (χ3n) is 2.24. The van der Waals surface area contributed by atoms with Crippen molar-refractivity contribution < 1.29 is 27.9 Å². The Bertz CT molecular complexity index is 470. The number of benzene rings is 1. The standard InChI is InChI=1S/C11H16NO6P/c1-15-11(13)12-9-6-4-5-7-10(9)18-8-19(14,16-2)17-3/h4-7H,8H2,1-3H3,(H,12,13). The lowest BCUT2D eigenvalue weighted by Gasteiger charge is -2.16. The summed E-state index contributed by atoms with van der Waals surface area (Å²) < 4.78 is 31.2. The molecule has 0 fully saturated rings. The van der Waals surface area contributed by atoms with Gasteiger partial charge >= 0.3 is 13.7 Å². The van der Waals surface area contributed by atoms with Crippen LogP contribution >= 0.6 is 7.60 Å². The fourth-order valence-electron chi connectivity index (χ4n) is 1.19. The van der Waals surface area contributed by atoms with Crippen LogP contribution in [-0.4, -0.2) is 33.8 Å². The molecule has 0 atom stereocenters. The molecule has 0 bridgehead atoms. The summed E-state index contributed by atoms with van der Waals surface area (Å²) in [6.45, 7) is 0. The summed E-state index contributed by atoms with van der Waals surface area (Å²) in [5.41, 5.74) is 0.396. The van der Waals surface area contributed by atoms with E-state index in [1.165, 1.54) is 21.3 Å². The Morgan fingerprint density at radius 1 is 1.21 bits per heavy atom. The van der Waals surface area contributed by atoms with Gasteiger partial charge in [-0.2, -0.15) is 0 Å². The summed E-state index contributed by atoms with van der Waals surface area (Å²) in [4.78, 5) is 11.2. The van der Waals surface area contributed by atoms with Crippen LogP contribution < -0.4 is 10.1 Å². The van der Waals surface area contributed by atoms with Gasteiger partial charge < -0.3 is 18.5 Å². The van der Waals surface area contributed by atoms with E-state index in [1.54, 1.807) is 24.3 Å². The minimum Gasteiger partial charge on any atom is -0.479 e. The van der Waals surface area contributed by atoms with E-state index in [1.807, 2.05) is 0 Å². The second kappa shape index (κ2) is 7.13. The molecule has 1 rings (SSSR count). The zero-order chi connectivity index (χ0) is 14.3. The zero-order valence-corrected chi connectivity index (χ0v) is 11.8. The first-order valence-electron chi connectivity index (χ1n) is 5.32. The van der Waals surface area contributed by atoms with E-state index in [-0.39, 0.29) is 6.35 Å². The molecule has 7 nitrogen and oxygen atoms in total. The molecule has 19 heavy (non-hydrogen) atoms. The van der Waals surface area contributed by atoms with Crippen LogP contribution in [0, 0.1) is 0 Å². The Morgan fingerprint density at radius 2 is 1.84 bits per heavy atom. The normalized spacial score (nSPS) is 10.9. The summed E-state index contributed by atoms with van der Waals surface area (Å²) in [5.74, 6) is 0.335. The molecule has 1 amide bonds. The van der Waals surface area contributed by atoms with Gasteiger partial charge in [0.05, 0.1) is 12.8 Å². The Balaban J connectivity index is 2.78. The van der Waals surface area contributed by atoms with E-state index in [2.05, 4.69) is 10.1 Å². The van der Waals surface area contributed by atoms with E-state index in [0.29, 0.717) is 11.4 Å². The average Bonchev–Trinajstić information content (AvgIpc) is 2.45. The van der Waals surface area contributed by atoms with Gasteiger partial charge in [0.15, 0.2) is 6.35 Å². The second-order valence-electron chi connectivity index (χ2n) is 3.36. The van der Waals surface area contributed by atoms with E-state index in [4.69, 9.17) is 13.8 Å². The van der Waals surface area contributed by atoms with Crippen LogP contribution in [0.4, 0.5) is 10.5 Å². The van der Waals surface area contributed by atoms with Crippen molar-refractivity contribution in [3.05, 3.63) is 24.3 Å². The van der Waals surface area contributed by atoms with Crippen molar-refractivity contribution in [2.24, 2.45) is 0 Å². The molecule has 0 aromatic heterocycles. The highest BCUT2D eigenvalue weighted by Gasteiger charge is 2.22. The first kappa shape index (κ1) is 15.5. The highest BCUT2D eigenvalue weighted by molar-refractivity contribution is 7.53. The van der Waals surface area contributed by atoms with Crippen molar-refractivity contribution in [3.8, 4) is 5.75 Å². The number of rotatable bonds is 6. The topological polar surface area (TPSA) is 83.1 Å². The van der Waals surface area contributed by atoms with Crippen LogP contribution in [0.5, 0.6) is 5.75 Å². The van der Waals surface area contributed by atoms with Crippen molar-refractivity contribution in [3.63, 3.8) is 0 Å². The summed E-state index contributed by atoms with van der Waals surface area (Å²) >= 11 is 0. The summed E-state index contributed by atoms with van der Waals surface area (Å²) in [5, 5.41) is 2.47. The molecule has 0 aliphatic carbocycles. The number of anilines is 1. The Labute approximate surface area is 111 Å². The lowest BCUT2D eigenvalue weighted by Crippen LogP contribution is -2.12. The predicted molar refractivity (Wildman–Crippen MR) is 69.6 cm³/mol. The maximum absolute atomic E-state index is 11.8. The van der Waals surface area contributed by atoms with Gasteiger partial charge in [0.25, 0.3) is 0 Å². The minimum atomic E-state index is -3.27. The fourth-order valence-corrected chi connectivity index (χ4v) is 1.84. The van der Waals surface area contributed by atoms with Crippen LogP contribution in [-0.2, 0) is 18.3 Å². The third-order valence-corrected chi connectivity index (χ3v) is 3.80. The maximum atomic E-state index is 11.8. The molecule has 0 aliphatic heterocycles. The van der Waals surface area contributed by atoms with E-state index >= 15 is 0 Å². The lowest BCUT2D eigenvalue weighted by molar-refractivity contribution is 0.186. The highest BCUT2D eigenvalue weighted by Crippen LogP contribution is 2.46. The Kier molecular flexibility index (Phi) is 5.82. The smallest absolute Gasteiger partial charge is 0.411 e.